The Labute approximate surface area is 119 Å². The molecular formula is C13H15F3N2O3. The van der Waals surface area contributed by atoms with Gasteiger partial charge in [-0.1, -0.05) is 0 Å². The number of likely N-dealkylation sites (tertiary alicyclic amines) is 1. The van der Waals surface area contributed by atoms with E-state index >= 15 is 0 Å². The summed E-state index contributed by atoms with van der Waals surface area (Å²) in [5, 5.41) is 2.47. The standard InChI is InChI=1S/C13H15F3N2O3/c1-7-5-21-8(2)10(7)11(19)17-9-3-4-18(12(9)20)6-13(14,15)16/h5,9H,3-4,6H2,1-2H3,(H,17,19). The number of rotatable bonds is 3. The molecule has 1 fully saturated rings. The van der Waals surface area contributed by atoms with Crippen LogP contribution in [0.5, 0.6) is 0 Å². The predicted molar refractivity (Wildman–Crippen MR) is 66.7 cm³/mol. The number of aryl methyl sites for hydroxylation is 2. The molecule has 0 aromatic carbocycles. The van der Waals surface area contributed by atoms with Crippen molar-refractivity contribution in [2.45, 2.75) is 32.5 Å². The monoisotopic (exact) mass is 304 g/mol. The summed E-state index contributed by atoms with van der Waals surface area (Å²) in [6, 6.07) is -0.923. The van der Waals surface area contributed by atoms with Gasteiger partial charge in [0.05, 0.1) is 11.8 Å². The first kappa shape index (κ1) is 15.4. The van der Waals surface area contributed by atoms with Gasteiger partial charge in [-0.3, -0.25) is 9.59 Å². The van der Waals surface area contributed by atoms with Crippen LogP contribution in [0.1, 0.15) is 28.1 Å². The van der Waals surface area contributed by atoms with Gasteiger partial charge in [0.1, 0.15) is 18.3 Å². The summed E-state index contributed by atoms with van der Waals surface area (Å²) >= 11 is 0. The molecule has 21 heavy (non-hydrogen) atoms. The number of nitrogens with one attached hydrogen (secondary N) is 1. The first-order chi connectivity index (χ1) is 9.69. The second kappa shape index (κ2) is 5.42. The van der Waals surface area contributed by atoms with E-state index < -0.39 is 30.6 Å². The van der Waals surface area contributed by atoms with Gasteiger partial charge in [-0.2, -0.15) is 13.2 Å². The summed E-state index contributed by atoms with van der Waals surface area (Å²) in [6.07, 6.45) is -2.86. The SMILES string of the molecule is Cc1coc(C)c1C(=O)NC1CCN(CC(F)(F)F)C1=O. The summed E-state index contributed by atoms with van der Waals surface area (Å²) in [6.45, 7) is 1.97. The average Bonchev–Trinajstić information content (AvgIpc) is 2.84. The smallest absolute Gasteiger partial charge is 0.406 e. The number of halogens is 3. The van der Waals surface area contributed by atoms with Gasteiger partial charge >= 0.3 is 6.18 Å². The second-order valence-corrected chi connectivity index (χ2v) is 5.04. The lowest BCUT2D eigenvalue weighted by Gasteiger charge is -2.18. The lowest BCUT2D eigenvalue weighted by Crippen LogP contribution is -2.44. The molecule has 0 spiro atoms. The third kappa shape index (κ3) is 3.37. The molecule has 1 aliphatic heterocycles. The van der Waals surface area contributed by atoms with Gasteiger partial charge in [0.2, 0.25) is 5.91 Å². The summed E-state index contributed by atoms with van der Waals surface area (Å²) in [5.41, 5.74) is 0.930. The largest absolute Gasteiger partial charge is 0.469 e. The topological polar surface area (TPSA) is 62.6 Å². The average molecular weight is 304 g/mol. The molecule has 116 valence electrons. The molecule has 1 aromatic heterocycles. The number of hydrogen-bond acceptors (Lipinski definition) is 3. The molecule has 1 saturated heterocycles. The minimum atomic E-state index is -4.44. The van der Waals surface area contributed by atoms with E-state index in [1.807, 2.05) is 0 Å². The van der Waals surface area contributed by atoms with Gasteiger partial charge < -0.3 is 14.6 Å². The summed E-state index contributed by atoms with van der Waals surface area (Å²) < 4.78 is 42.0. The van der Waals surface area contributed by atoms with E-state index in [4.69, 9.17) is 4.42 Å². The van der Waals surface area contributed by atoms with Crippen molar-refractivity contribution in [2.75, 3.05) is 13.1 Å². The van der Waals surface area contributed by atoms with Crippen LogP contribution in [0.25, 0.3) is 0 Å². The maximum absolute atomic E-state index is 12.3. The van der Waals surface area contributed by atoms with Crippen LogP contribution in [-0.4, -0.2) is 42.0 Å². The Hall–Kier alpha value is -1.99. The number of carbonyl (C=O) groups is 2. The fraction of sp³-hybridized carbons (Fsp3) is 0.538. The molecule has 0 saturated carbocycles. The van der Waals surface area contributed by atoms with E-state index in [1.54, 1.807) is 13.8 Å². The zero-order valence-corrected chi connectivity index (χ0v) is 11.6. The minimum absolute atomic E-state index is 0.0212. The van der Waals surface area contributed by atoms with Gasteiger partial charge in [0.15, 0.2) is 0 Å². The normalized spacial score (nSPS) is 19.2. The van der Waals surface area contributed by atoms with Crippen molar-refractivity contribution in [3.8, 4) is 0 Å². The Morgan fingerprint density at radius 1 is 1.48 bits per heavy atom. The maximum atomic E-state index is 12.3. The molecule has 2 amide bonds. The molecule has 1 N–H and O–H groups in total. The number of nitrogens with zero attached hydrogens (tertiary/aromatic N) is 1. The second-order valence-electron chi connectivity index (χ2n) is 5.04. The number of carbonyl (C=O) groups excluding carboxylic acids is 2. The molecule has 1 aliphatic rings. The molecule has 5 nitrogen and oxygen atoms in total. The Kier molecular flexibility index (Phi) is 3.97. The van der Waals surface area contributed by atoms with E-state index in [9.17, 15) is 22.8 Å². The summed E-state index contributed by atoms with van der Waals surface area (Å²) in [4.78, 5) is 24.6. The molecule has 2 heterocycles. The highest BCUT2D eigenvalue weighted by Crippen LogP contribution is 2.22. The van der Waals surface area contributed by atoms with Gasteiger partial charge in [-0.15, -0.1) is 0 Å². The number of alkyl halides is 3. The van der Waals surface area contributed by atoms with E-state index in [-0.39, 0.29) is 13.0 Å². The molecule has 1 atom stereocenters. The van der Waals surface area contributed by atoms with Crippen LogP contribution < -0.4 is 5.32 Å². The molecule has 1 aromatic rings. The van der Waals surface area contributed by atoms with Crippen LogP contribution >= 0.6 is 0 Å². The summed E-state index contributed by atoms with van der Waals surface area (Å²) in [7, 11) is 0. The lowest BCUT2D eigenvalue weighted by atomic mass is 10.1. The molecule has 1 unspecified atom stereocenters. The Morgan fingerprint density at radius 3 is 2.67 bits per heavy atom. The molecule has 0 radical (unpaired) electrons. The molecule has 2 rings (SSSR count). The zero-order valence-electron chi connectivity index (χ0n) is 11.6. The van der Waals surface area contributed by atoms with Crippen molar-refractivity contribution in [3.63, 3.8) is 0 Å². The quantitative estimate of drug-likeness (QED) is 0.926. The van der Waals surface area contributed by atoms with E-state index in [2.05, 4.69) is 5.32 Å². The van der Waals surface area contributed by atoms with Crippen LogP contribution in [0.4, 0.5) is 13.2 Å². The third-order valence-electron chi connectivity index (χ3n) is 3.36. The molecule has 0 aliphatic carbocycles. The minimum Gasteiger partial charge on any atom is -0.469 e. The Bertz CT molecular complexity index is 546. The van der Waals surface area contributed by atoms with Crippen LogP contribution in [0.3, 0.4) is 0 Å². The lowest BCUT2D eigenvalue weighted by molar-refractivity contribution is -0.157. The maximum Gasteiger partial charge on any atom is 0.406 e. The van der Waals surface area contributed by atoms with E-state index in [0.29, 0.717) is 21.8 Å². The fourth-order valence-corrected chi connectivity index (χ4v) is 2.39. The van der Waals surface area contributed by atoms with Crippen molar-refractivity contribution in [3.05, 3.63) is 23.2 Å². The number of furan rings is 1. The summed E-state index contributed by atoms with van der Waals surface area (Å²) in [5.74, 6) is -0.812. The highest BCUT2D eigenvalue weighted by Gasteiger charge is 2.40. The van der Waals surface area contributed by atoms with Crippen molar-refractivity contribution in [1.82, 2.24) is 10.2 Å². The van der Waals surface area contributed by atoms with Crippen LogP contribution in [0.2, 0.25) is 0 Å². The first-order valence-electron chi connectivity index (χ1n) is 6.40. The van der Waals surface area contributed by atoms with Gasteiger partial charge in [-0.05, 0) is 20.3 Å². The third-order valence-corrected chi connectivity index (χ3v) is 3.36. The molecule has 0 bridgehead atoms. The Balaban J connectivity index is 2.02. The highest BCUT2D eigenvalue weighted by atomic mass is 19.4. The zero-order chi connectivity index (χ0) is 15.8. The van der Waals surface area contributed by atoms with Crippen molar-refractivity contribution in [2.24, 2.45) is 0 Å². The van der Waals surface area contributed by atoms with Crippen LogP contribution in [0, 0.1) is 13.8 Å². The highest BCUT2D eigenvalue weighted by molar-refractivity contribution is 5.99. The molecule has 8 heteroatoms. The fourth-order valence-electron chi connectivity index (χ4n) is 2.39. The van der Waals surface area contributed by atoms with E-state index in [0.717, 1.165) is 0 Å². The number of hydrogen-bond donors (Lipinski definition) is 1. The van der Waals surface area contributed by atoms with Gasteiger partial charge in [0.25, 0.3) is 5.91 Å². The predicted octanol–water partition coefficient (Wildman–Crippen LogP) is 1.79. The van der Waals surface area contributed by atoms with Crippen LogP contribution in [-0.2, 0) is 4.79 Å². The van der Waals surface area contributed by atoms with Crippen molar-refractivity contribution < 1.29 is 27.2 Å². The van der Waals surface area contributed by atoms with Gasteiger partial charge in [0, 0.05) is 12.1 Å². The van der Waals surface area contributed by atoms with Gasteiger partial charge in [-0.25, -0.2) is 0 Å². The number of amides is 2. The molecular weight excluding hydrogens is 289 g/mol. The first-order valence-corrected chi connectivity index (χ1v) is 6.40. The van der Waals surface area contributed by atoms with E-state index in [1.165, 1.54) is 6.26 Å². The van der Waals surface area contributed by atoms with Crippen molar-refractivity contribution in [1.29, 1.82) is 0 Å². The Morgan fingerprint density at radius 2 is 2.14 bits per heavy atom. The van der Waals surface area contributed by atoms with Crippen molar-refractivity contribution >= 4 is 11.8 Å². The van der Waals surface area contributed by atoms with Crippen LogP contribution in [0.15, 0.2) is 10.7 Å².